The van der Waals surface area contributed by atoms with Gasteiger partial charge in [-0.3, -0.25) is 10.1 Å². The van der Waals surface area contributed by atoms with Crippen LogP contribution in [0.1, 0.15) is 10.4 Å². The van der Waals surface area contributed by atoms with E-state index in [0.29, 0.717) is 5.56 Å². The number of rotatable bonds is 2. The highest BCUT2D eigenvalue weighted by Crippen LogP contribution is 2.11. The third kappa shape index (κ3) is 2.43. The number of aromatic nitrogens is 4. The molecule has 0 fully saturated rings. The Bertz CT molecular complexity index is 507. The normalized spacial score (nSPS) is 10.1. The van der Waals surface area contributed by atoms with Crippen LogP contribution in [-0.2, 0) is 7.05 Å². The van der Waals surface area contributed by atoms with E-state index < -0.39 is 0 Å². The van der Waals surface area contributed by atoms with E-state index in [1.807, 2.05) is 0 Å². The van der Waals surface area contributed by atoms with Gasteiger partial charge in [-0.05, 0) is 29.5 Å². The Morgan fingerprint density at radius 1 is 1.38 bits per heavy atom. The number of nitrogens with one attached hydrogen (secondary N) is 1. The van der Waals surface area contributed by atoms with E-state index >= 15 is 0 Å². The molecule has 1 aromatic carbocycles. The maximum absolute atomic E-state index is 11.7. The van der Waals surface area contributed by atoms with Crippen molar-refractivity contribution in [3.05, 3.63) is 34.3 Å². The molecule has 2 rings (SSSR count). The molecule has 0 saturated heterocycles. The van der Waals surface area contributed by atoms with Crippen LogP contribution >= 0.6 is 15.9 Å². The molecule has 0 unspecified atom stereocenters. The van der Waals surface area contributed by atoms with Gasteiger partial charge >= 0.3 is 0 Å². The van der Waals surface area contributed by atoms with Crippen LogP contribution < -0.4 is 5.32 Å². The van der Waals surface area contributed by atoms with Gasteiger partial charge in [-0.15, -0.1) is 5.10 Å². The van der Waals surface area contributed by atoms with Crippen molar-refractivity contribution < 1.29 is 4.79 Å². The number of benzene rings is 1. The number of tetrazole rings is 1. The van der Waals surface area contributed by atoms with Crippen LogP contribution in [0.15, 0.2) is 28.7 Å². The van der Waals surface area contributed by atoms with Crippen LogP contribution in [0.25, 0.3) is 0 Å². The minimum atomic E-state index is -0.263. The SMILES string of the molecule is Cn1nnc(NC(=O)c2ccc(Br)cc2)n1. The highest BCUT2D eigenvalue weighted by molar-refractivity contribution is 9.10. The summed E-state index contributed by atoms with van der Waals surface area (Å²) in [7, 11) is 1.63. The average Bonchev–Trinajstić information content (AvgIpc) is 2.65. The Balaban J connectivity index is 2.11. The Morgan fingerprint density at radius 2 is 2.06 bits per heavy atom. The Morgan fingerprint density at radius 3 is 2.62 bits per heavy atom. The minimum Gasteiger partial charge on any atom is -0.288 e. The van der Waals surface area contributed by atoms with Gasteiger partial charge in [0.1, 0.15) is 0 Å². The highest BCUT2D eigenvalue weighted by atomic mass is 79.9. The summed E-state index contributed by atoms with van der Waals surface area (Å²) in [6.45, 7) is 0. The molecule has 0 aliphatic rings. The van der Waals surface area contributed by atoms with Crippen molar-refractivity contribution in [2.45, 2.75) is 0 Å². The number of aryl methyl sites for hydroxylation is 1. The number of anilines is 1. The molecular weight excluding hydrogens is 274 g/mol. The van der Waals surface area contributed by atoms with E-state index in [-0.39, 0.29) is 11.9 Å². The fraction of sp³-hybridized carbons (Fsp3) is 0.111. The molecule has 2 aromatic rings. The number of carbonyl (C=O) groups is 1. The van der Waals surface area contributed by atoms with Crippen LogP contribution in [0.4, 0.5) is 5.95 Å². The summed E-state index contributed by atoms with van der Waals surface area (Å²) in [4.78, 5) is 13.0. The predicted molar refractivity (Wildman–Crippen MR) is 60.9 cm³/mol. The predicted octanol–water partition coefficient (Wildman–Crippen LogP) is 1.22. The summed E-state index contributed by atoms with van der Waals surface area (Å²) in [5, 5.41) is 13.7. The Labute approximate surface area is 99.8 Å². The molecule has 0 aliphatic carbocycles. The number of nitrogens with zero attached hydrogens (tertiary/aromatic N) is 4. The quantitative estimate of drug-likeness (QED) is 0.899. The first-order valence-electron chi connectivity index (χ1n) is 4.46. The van der Waals surface area contributed by atoms with Crippen molar-refractivity contribution >= 4 is 27.8 Å². The lowest BCUT2D eigenvalue weighted by atomic mass is 10.2. The fourth-order valence-corrected chi connectivity index (χ4v) is 1.37. The lowest BCUT2D eigenvalue weighted by molar-refractivity contribution is 0.102. The van der Waals surface area contributed by atoms with E-state index in [9.17, 15) is 4.79 Å². The summed E-state index contributed by atoms with van der Waals surface area (Å²) in [5.41, 5.74) is 0.538. The van der Waals surface area contributed by atoms with E-state index in [2.05, 4.69) is 36.7 Å². The lowest BCUT2D eigenvalue weighted by Gasteiger charge is -2.00. The van der Waals surface area contributed by atoms with Crippen LogP contribution in [-0.4, -0.2) is 26.1 Å². The minimum absolute atomic E-state index is 0.190. The van der Waals surface area contributed by atoms with Crippen LogP contribution in [0.5, 0.6) is 0 Å². The molecule has 6 nitrogen and oxygen atoms in total. The Hall–Kier alpha value is -1.76. The molecule has 0 aliphatic heterocycles. The molecule has 7 heteroatoms. The van der Waals surface area contributed by atoms with Gasteiger partial charge in [0.15, 0.2) is 0 Å². The molecule has 1 aromatic heterocycles. The fourth-order valence-electron chi connectivity index (χ4n) is 1.11. The zero-order valence-electron chi connectivity index (χ0n) is 8.38. The van der Waals surface area contributed by atoms with Crippen molar-refractivity contribution in [2.75, 3.05) is 5.32 Å². The van der Waals surface area contributed by atoms with Crippen LogP contribution in [0.2, 0.25) is 0 Å². The zero-order chi connectivity index (χ0) is 11.5. The van der Waals surface area contributed by atoms with Gasteiger partial charge in [-0.25, -0.2) is 0 Å². The molecule has 1 N–H and O–H groups in total. The third-order valence-corrected chi connectivity index (χ3v) is 2.37. The molecular formula is C9H8BrN5O. The van der Waals surface area contributed by atoms with Crippen molar-refractivity contribution in [1.29, 1.82) is 0 Å². The van der Waals surface area contributed by atoms with Crippen molar-refractivity contribution in [3.63, 3.8) is 0 Å². The summed E-state index contributed by atoms with van der Waals surface area (Å²) in [6.07, 6.45) is 0. The Kier molecular flexibility index (Phi) is 2.95. The van der Waals surface area contributed by atoms with Crippen LogP contribution in [0, 0.1) is 0 Å². The number of carbonyl (C=O) groups excluding carboxylic acids is 1. The molecule has 0 saturated carbocycles. The van der Waals surface area contributed by atoms with Gasteiger partial charge in [-0.2, -0.15) is 4.80 Å². The largest absolute Gasteiger partial charge is 0.288 e. The summed E-state index contributed by atoms with van der Waals surface area (Å²) in [6, 6.07) is 6.99. The maximum atomic E-state index is 11.7. The second kappa shape index (κ2) is 4.40. The smallest absolute Gasteiger partial charge is 0.270 e. The third-order valence-electron chi connectivity index (χ3n) is 1.84. The van der Waals surface area contributed by atoms with E-state index in [4.69, 9.17) is 0 Å². The molecule has 0 bridgehead atoms. The van der Waals surface area contributed by atoms with Gasteiger partial charge in [0.05, 0.1) is 7.05 Å². The lowest BCUT2D eigenvalue weighted by Crippen LogP contribution is -2.13. The average molecular weight is 282 g/mol. The first kappa shape index (κ1) is 10.7. The molecule has 1 heterocycles. The second-order valence-electron chi connectivity index (χ2n) is 3.06. The number of amides is 1. The summed E-state index contributed by atoms with van der Waals surface area (Å²) < 4.78 is 0.918. The molecule has 16 heavy (non-hydrogen) atoms. The van der Waals surface area contributed by atoms with Crippen molar-refractivity contribution in [3.8, 4) is 0 Å². The monoisotopic (exact) mass is 281 g/mol. The van der Waals surface area contributed by atoms with Gasteiger partial charge < -0.3 is 0 Å². The van der Waals surface area contributed by atoms with E-state index in [1.165, 1.54) is 4.80 Å². The molecule has 0 atom stereocenters. The number of hydrogen-bond donors (Lipinski definition) is 1. The summed E-state index contributed by atoms with van der Waals surface area (Å²) in [5.74, 6) is -0.0732. The number of hydrogen-bond acceptors (Lipinski definition) is 4. The van der Waals surface area contributed by atoms with Crippen LogP contribution in [0.3, 0.4) is 0 Å². The van der Waals surface area contributed by atoms with Gasteiger partial charge in [-0.1, -0.05) is 21.0 Å². The van der Waals surface area contributed by atoms with E-state index in [0.717, 1.165) is 4.47 Å². The van der Waals surface area contributed by atoms with Gasteiger partial charge in [0.25, 0.3) is 11.9 Å². The molecule has 1 amide bonds. The standard InChI is InChI=1S/C9H8BrN5O/c1-15-13-9(12-14-15)11-8(16)6-2-4-7(10)5-3-6/h2-5H,1H3,(H,11,13,16). The topological polar surface area (TPSA) is 72.7 Å². The molecule has 0 spiro atoms. The highest BCUT2D eigenvalue weighted by Gasteiger charge is 2.08. The summed E-state index contributed by atoms with van der Waals surface area (Å²) >= 11 is 3.29. The van der Waals surface area contributed by atoms with E-state index in [1.54, 1.807) is 31.3 Å². The first-order chi connectivity index (χ1) is 7.65. The first-order valence-corrected chi connectivity index (χ1v) is 5.25. The zero-order valence-corrected chi connectivity index (χ0v) is 9.97. The van der Waals surface area contributed by atoms with Crippen molar-refractivity contribution in [1.82, 2.24) is 20.2 Å². The van der Waals surface area contributed by atoms with Gasteiger partial charge in [0.2, 0.25) is 0 Å². The molecule has 0 radical (unpaired) electrons. The second-order valence-corrected chi connectivity index (χ2v) is 3.98. The molecule has 82 valence electrons. The van der Waals surface area contributed by atoms with Crippen molar-refractivity contribution in [2.24, 2.45) is 7.05 Å². The van der Waals surface area contributed by atoms with Gasteiger partial charge in [0, 0.05) is 10.0 Å². The number of halogens is 1. The maximum Gasteiger partial charge on any atom is 0.270 e.